The van der Waals surface area contributed by atoms with E-state index >= 15 is 0 Å². The van der Waals surface area contributed by atoms with Crippen molar-refractivity contribution in [3.8, 4) is 0 Å². The Balaban J connectivity index is 2.09. The van der Waals surface area contributed by atoms with Gasteiger partial charge in [-0.1, -0.05) is 30.9 Å². The van der Waals surface area contributed by atoms with Crippen molar-refractivity contribution in [3.05, 3.63) is 11.6 Å². The minimum Gasteiger partial charge on any atom is -0.373 e. The summed E-state index contributed by atoms with van der Waals surface area (Å²) in [6.07, 6.45) is 13.7. The summed E-state index contributed by atoms with van der Waals surface area (Å²) in [7, 11) is 0. The van der Waals surface area contributed by atoms with Crippen molar-refractivity contribution in [1.82, 2.24) is 0 Å². The largest absolute Gasteiger partial charge is 0.373 e. The molecule has 0 bridgehead atoms. The molecule has 2 aliphatic rings. The standard InChI is InChI=1S/C15H27NO/c1-2-17-15(11-7-8-12-15)14(16)13-9-5-3-4-6-10-13/h9,14H,2-8,10-12,16H2,1H3. The molecule has 2 nitrogen and oxygen atoms in total. The highest BCUT2D eigenvalue weighted by Gasteiger charge is 2.41. The van der Waals surface area contributed by atoms with Crippen LogP contribution in [0.3, 0.4) is 0 Å². The van der Waals surface area contributed by atoms with Gasteiger partial charge < -0.3 is 10.5 Å². The maximum Gasteiger partial charge on any atom is 0.0870 e. The first-order valence-corrected chi connectivity index (χ1v) is 7.37. The molecular formula is C15H27NO. The van der Waals surface area contributed by atoms with Crippen molar-refractivity contribution < 1.29 is 4.74 Å². The third-order valence-corrected chi connectivity index (χ3v) is 4.42. The van der Waals surface area contributed by atoms with E-state index in [0.29, 0.717) is 0 Å². The highest BCUT2D eigenvalue weighted by Crippen LogP contribution is 2.39. The maximum atomic E-state index is 6.55. The number of rotatable bonds is 4. The molecule has 0 aromatic rings. The van der Waals surface area contributed by atoms with Gasteiger partial charge in [-0.25, -0.2) is 0 Å². The molecule has 0 saturated heterocycles. The van der Waals surface area contributed by atoms with Crippen molar-refractivity contribution in [1.29, 1.82) is 0 Å². The number of hydrogen-bond donors (Lipinski definition) is 1. The van der Waals surface area contributed by atoms with Crippen molar-refractivity contribution in [2.24, 2.45) is 5.73 Å². The van der Waals surface area contributed by atoms with Gasteiger partial charge in [-0.05, 0) is 45.4 Å². The van der Waals surface area contributed by atoms with Crippen LogP contribution in [0.4, 0.5) is 0 Å². The topological polar surface area (TPSA) is 35.2 Å². The summed E-state index contributed by atoms with van der Waals surface area (Å²) in [5.74, 6) is 0. The Morgan fingerprint density at radius 3 is 2.71 bits per heavy atom. The fraction of sp³-hybridized carbons (Fsp3) is 0.867. The zero-order chi connectivity index (χ0) is 12.1. The average Bonchev–Trinajstić information content (AvgIpc) is 2.65. The van der Waals surface area contributed by atoms with Crippen molar-refractivity contribution in [2.45, 2.75) is 76.4 Å². The Kier molecular flexibility index (Phi) is 4.63. The van der Waals surface area contributed by atoms with Crippen molar-refractivity contribution >= 4 is 0 Å². The molecule has 0 radical (unpaired) electrons. The Morgan fingerprint density at radius 1 is 1.24 bits per heavy atom. The molecule has 0 aromatic carbocycles. The molecule has 2 heteroatoms. The first-order chi connectivity index (χ1) is 8.28. The second-order valence-corrected chi connectivity index (χ2v) is 5.56. The fourth-order valence-corrected chi connectivity index (χ4v) is 3.47. The van der Waals surface area contributed by atoms with Crippen LogP contribution in [0.5, 0.6) is 0 Å². The summed E-state index contributed by atoms with van der Waals surface area (Å²) in [6.45, 7) is 2.88. The lowest BCUT2D eigenvalue weighted by Crippen LogP contribution is -2.49. The smallest absolute Gasteiger partial charge is 0.0870 e. The SMILES string of the molecule is CCOC1(C(N)C2=CCCCCC2)CCCC1. The monoisotopic (exact) mass is 237 g/mol. The average molecular weight is 237 g/mol. The third-order valence-electron chi connectivity index (χ3n) is 4.42. The molecule has 1 unspecified atom stereocenters. The molecule has 17 heavy (non-hydrogen) atoms. The molecule has 0 amide bonds. The number of ether oxygens (including phenoxy) is 1. The number of hydrogen-bond acceptors (Lipinski definition) is 2. The van der Waals surface area contributed by atoms with E-state index in [-0.39, 0.29) is 11.6 Å². The molecule has 1 atom stereocenters. The van der Waals surface area contributed by atoms with Crippen LogP contribution in [0.1, 0.15) is 64.7 Å². The summed E-state index contributed by atoms with van der Waals surface area (Å²) in [4.78, 5) is 0. The quantitative estimate of drug-likeness (QED) is 0.759. The van der Waals surface area contributed by atoms with E-state index in [4.69, 9.17) is 10.5 Å². The molecule has 2 N–H and O–H groups in total. The summed E-state index contributed by atoms with van der Waals surface area (Å²) >= 11 is 0. The zero-order valence-corrected chi connectivity index (χ0v) is 11.2. The summed E-state index contributed by atoms with van der Waals surface area (Å²) < 4.78 is 6.08. The van der Waals surface area contributed by atoms with E-state index in [1.165, 1.54) is 50.5 Å². The highest BCUT2D eigenvalue weighted by atomic mass is 16.5. The summed E-state index contributed by atoms with van der Waals surface area (Å²) in [5, 5.41) is 0. The van der Waals surface area contributed by atoms with E-state index in [1.807, 2.05) is 0 Å². The Bertz CT molecular complexity index is 266. The van der Waals surface area contributed by atoms with Gasteiger partial charge >= 0.3 is 0 Å². The van der Waals surface area contributed by atoms with E-state index in [1.54, 1.807) is 0 Å². The van der Waals surface area contributed by atoms with Gasteiger partial charge in [0.15, 0.2) is 0 Å². The van der Waals surface area contributed by atoms with Gasteiger partial charge in [-0.15, -0.1) is 0 Å². The molecule has 0 spiro atoms. The normalized spacial score (nSPS) is 26.4. The Hall–Kier alpha value is -0.340. The van der Waals surface area contributed by atoms with E-state index in [0.717, 1.165) is 19.4 Å². The van der Waals surface area contributed by atoms with Crippen LogP contribution < -0.4 is 5.73 Å². The molecule has 2 rings (SSSR count). The molecule has 2 aliphatic carbocycles. The predicted molar refractivity (Wildman–Crippen MR) is 72.0 cm³/mol. The van der Waals surface area contributed by atoms with Gasteiger partial charge in [0.2, 0.25) is 0 Å². The second-order valence-electron chi connectivity index (χ2n) is 5.56. The van der Waals surface area contributed by atoms with Gasteiger partial charge in [-0.2, -0.15) is 0 Å². The molecule has 98 valence electrons. The van der Waals surface area contributed by atoms with Crippen LogP contribution >= 0.6 is 0 Å². The molecular weight excluding hydrogens is 210 g/mol. The van der Waals surface area contributed by atoms with Crippen LogP contribution in [0.15, 0.2) is 11.6 Å². The van der Waals surface area contributed by atoms with Gasteiger partial charge in [0.25, 0.3) is 0 Å². The second kappa shape index (κ2) is 6.01. The third kappa shape index (κ3) is 2.92. The highest BCUT2D eigenvalue weighted by molar-refractivity contribution is 5.18. The van der Waals surface area contributed by atoms with Crippen molar-refractivity contribution in [2.75, 3.05) is 6.61 Å². The molecule has 0 aliphatic heterocycles. The van der Waals surface area contributed by atoms with Crippen LogP contribution in [-0.2, 0) is 4.74 Å². The maximum absolute atomic E-state index is 6.55. The predicted octanol–water partition coefficient (Wildman–Crippen LogP) is 3.55. The summed E-state index contributed by atoms with van der Waals surface area (Å²) in [6, 6.07) is 0.142. The first kappa shape index (κ1) is 13.1. The minimum atomic E-state index is -0.0368. The number of nitrogens with two attached hydrogens (primary N) is 1. The molecule has 1 saturated carbocycles. The lowest BCUT2D eigenvalue weighted by Gasteiger charge is -2.36. The van der Waals surface area contributed by atoms with Crippen LogP contribution in [-0.4, -0.2) is 18.2 Å². The van der Waals surface area contributed by atoms with Crippen molar-refractivity contribution in [3.63, 3.8) is 0 Å². The van der Waals surface area contributed by atoms with Gasteiger partial charge in [0, 0.05) is 6.61 Å². The van der Waals surface area contributed by atoms with E-state index in [2.05, 4.69) is 13.0 Å². The van der Waals surface area contributed by atoms with Gasteiger partial charge in [0.05, 0.1) is 11.6 Å². The van der Waals surface area contributed by atoms with Gasteiger partial charge in [0.1, 0.15) is 0 Å². The molecule has 0 heterocycles. The van der Waals surface area contributed by atoms with E-state index < -0.39 is 0 Å². The van der Waals surface area contributed by atoms with Crippen LogP contribution in [0.2, 0.25) is 0 Å². The molecule has 0 aromatic heterocycles. The zero-order valence-electron chi connectivity index (χ0n) is 11.2. The van der Waals surface area contributed by atoms with E-state index in [9.17, 15) is 0 Å². The molecule has 1 fully saturated rings. The van der Waals surface area contributed by atoms with Crippen LogP contribution in [0, 0.1) is 0 Å². The fourth-order valence-electron chi connectivity index (χ4n) is 3.47. The Morgan fingerprint density at radius 2 is 2.00 bits per heavy atom. The first-order valence-electron chi connectivity index (χ1n) is 7.37. The lowest BCUT2D eigenvalue weighted by molar-refractivity contribution is -0.0454. The summed E-state index contributed by atoms with van der Waals surface area (Å²) in [5.41, 5.74) is 7.98. The Labute approximate surface area is 106 Å². The number of allylic oxidation sites excluding steroid dienone is 1. The lowest BCUT2D eigenvalue weighted by atomic mass is 9.85. The van der Waals surface area contributed by atoms with Gasteiger partial charge in [-0.3, -0.25) is 0 Å². The van der Waals surface area contributed by atoms with Crippen LogP contribution in [0.25, 0.3) is 0 Å². The minimum absolute atomic E-state index is 0.0368.